The fraction of sp³-hybridized carbons (Fsp3) is 0.818. The molecular formula is C11H20N2O2. The first kappa shape index (κ1) is 12.2. The van der Waals surface area contributed by atoms with E-state index in [2.05, 4.69) is 19.2 Å². The van der Waals surface area contributed by atoms with E-state index in [1.807, 2.05) is 13.8 Å². The van der Waals surface area contributed by atoms with Gasteiger partial charge in [-0.15, -0.1) is 0 Å². The Morgan fingerprint density at radius 2 is 2.00 bits per heavy atom. The van der Waals surface area contributed by atoms with Gasteiger partial charge < -0.3 is 0 Å². The second-order valence-electron chi connectivity index (χ2n) is 5.01. The van der Waals surface area contributed by atoms with Crippen LogP contribution in [-0.4, -0.2) is 35.3 Å². The molecule has 1 saturated heterocycles. The smallest absolute Gasteiger partial charge is 0.248 e. The third-order valence-electron chi connectivity index (χ3n) is 2.69. The molecule has 1 N–H and O–H groups in total. The number of amides is 2. The molecule has 0 aliphatic carbocycles. The second kappa shape index (κ2) is 4.31. The van der Waals surface area contributed by atoms with Crippen LogP contribution in [0.3, 0.4) is 0 Å². The Hall–Kier alpha value is -0.900. The van der Waals surface area contributed by atoms with Crippen LogP contribution in [0.5, 0.6) is 0 Å². The number of hydrogen-bond donors (Lipinski definition) is 1. The van der Waals surface area contributed by atoms with Crippen molar-refractivity contribution < 1.29 is 9.59 Å². The van der Waals surface area contributed by atoms with Gasteiger partial charge in [-0.25, -0.2) is 0 Å². The summed E-state index contributed by atoms with van der Waals surface area (Å²) in [5.41, 5.74) is -0.606. The van der Waals surface area contributed by atoms with Gasteiger partial charge in [-0.3, -0.25) is 19.8 Å². The lowest BCUT2D eigenvalue weighted by molar-refractivity contribution is -0.152. The fourth-order valence-corrected chi connectivity index (χ4v) is 1.53. The van der Waals surface area contributed by atoms with Gasteiger partial charge in [0.15, 0.2) is 0 Å². The van der Waals surface area contributed by atoms with Gasteiger partial charge in [0.1, 0.15) is 0 Å². The van der Waals surface area contributed by atoms with Crippen LogP contribution in [0.2, 0.25) is 0 Å². The zero-order valence-electron chi connectivity index (χ0n) is 9.96. The first-order valence-electron chi connectivity index (χ1n) is 5.44. The summed E-state index contributed by atoms with van der Waals surface area (Å²) in [5.74, 6) is 0.281. The largest absolute Gasteiger partial charge is 0.295 e. The van der Waals surface area contributed by atoms with Gasteiger partial charge in [0.05, 0.1) is 12.1 Å². The standard InChI is InChI=1S/C11H20N2O2/c1-8(2)5-6-13-9(14)7-12-11(3,4)10(13)15/h8,12H,5-7H2,1-4H3. The molecule has 2 amide bonds. The van der Waals surface area contributed by atoms with Crippen molar-refractivity contribution in [1.82, 2.24) is 10.2 Å². The topological polar surface area (TPSA) is 49.4 Å². The van der Waals surface area contributed by atoms with Crippen LogP contribution in [0.1, 0.15) is 34.1 Å². The van der Waals surface area contributed by atoms with Crippen LogP contribution in [0, 0.1) is 5.92 Å². The molecule has 1 aliphatic heterocycles. The van der Waals surface area contributed by atoms with Crippen molar-refractivity contribution in [3.8, 4) is 0 Å². The molecule has 0 unspecified atom stereocenters. The SMILES string of the molecule is CC(C)CCN1C(=O)CNC(C)(C)C1=O. The minimum Gasteiger partial charge on any atom is -0.295 e. The van der Waals surface area contributed by atoms with Crippen molar-refractivity contribution in [3.63, 3.8) is 0 Å². The van der Waals surface area contributed by atoms with Crippen molar-refractivity contribution in [1.29, 1.82) is 0 Å². The molecule has 1 rings (SSSR count). The minimum atomic E-state index is -0.606. The molecule has 4 nitrogen and oxygen atoms in total. The number of rotatable bonds is 3. The molecular weight excluding hydrogens is 192 g/mol. The van der Waals surface area contributed by atoms with Crippen molar-refractivity contribution in [2.24, 2.45) is 5.92 Å². The lowest BCUT2D eigenvalue weighted by Crippen LogP contribution is -2.63. The molecule has 86 valence electrons. The highest BCUT2D eigenvalue weighted by atomic mass is 16.2. The Morgan fingerprint density at radius 1 is 1.40 bits per heavy atom. The van der Waals surface area contributed by atoms with E-state index < -0.39 is 5.54 Å². The first-order valence-corrected chi connectivity index (χ1v) is 5.44. The predicted octanol–water partition coefficient (Wildman–Crippen LogP) is 0.769. The molecule has 0 atom stereocenters. The highest BCUT2D eigenvalue weighted by Gasteiger charge is 2.39. The molecule has 15 heavy (non-hydrogen) atoms. The molecule has 1 aliphatic rings. The average molecular weight is 212 g/mol. The number of imide groups is 1. The highest BCUT2D eigenvalue weighted by molar-refractivity contribution is 6.02. The van der Waals surface area contributed by atoms with Crippen LogP contribution < -0.4 is 5.32 Å². The zero-order valence-corrected chi connectivity index (χ0v) is 9.96. The fourth-order valence-electron chi connectivity index (χ4n) is 1.53. The van der Waals surface area contributed by atoms with E-state index in [-0.39, 0.29) is 18.4 Å². The number of carbonyl (C=O) groups is 2. The second-order valence-corrected chi connectivity index (χ2v) is 5.01. The summed E-state index contributed by atoms with van der Waals surface area (Å²) in [6, 6.07) is 0. The first-order chi connectivity index (χ1) is 6.84. The Balaban J connectivity index is 2.67. The van der Waals surface area contributed by atoms with Gasteiger partial charge >= 0.3 is 0 Å². The van der Waals surface area contributed by atoms with E-state index in [9.17, 15) is 9.59 Å². The van der Waals surface area contributed by atoms with Gasteiger partial charge in [-0.1, -0.05) is 13.8 Å². The summed E-state index contributed by atoms with van der Waals surface area (Å²) < 4.78 is 0. The van der Waals surface area contributed by atoms with Crippen LogP contribution >= 0.6 is 0 Å². The molecule has 0 aromatic carbocycles. The number of hydrogen-bond acceptors (Lipinski definition) is 3. The van der Waals surface area contributed by atoms with Crippen molar-refractivity contribution in [2.45, 2.75) is 39.7 Å². The molecule has 0 aromatic rings. The number of nitrogens with zero attached hydrogens (tertiary/aromatic N) is 1. The van der Waals surface area contributed by atoms with Gasteiger partial charge in [-0.2, -0.15) is 0 Å². The van der Waals surface area contributed by atoms with Crippen molar-refractivity contribution in [2.75, 3.05) is 13.1 Å². The third-order valence-corrected chi connectivity index (χ3v) is 2.69. The van der Waals surface area contributed by atoms with E-state index >= 15 is 0 Å². The minimum absolute atomic E-state index is 0.111. The third kappa shape index (κ3) is 2.78. The maximum absolute atomic E-state index is 11.9. The molecule has 4 heteroatoms. The molecule has 1 fully saturated rings. The lowest BCUT2D eigenvalue weighted by Gasteiger charge is -2.36. The Kier molecular flexibility index (Phi) is 3.50. The number of nitrogens with one attached hydrogen (secondary N) is 1. The molecule has 0 spiro atoms. The predicted molar refractivity (Wildman–Crippen MR) is 58.3 cm³/mol. The van der Waals surface area contributed by atoms with E-state index in [1.165, 1.54) is 4.90 Å². The Labute approximate surface area is 91.0 Å². The van der Waals surface area contributed by atoms with E-state index in [4.69, 9.17) is 0 Å². The van der Waals surface area contributed by atoms with E-state index in [0.29, 0.717) is 12.5 Å². The van der Waals surface area contributed by atoms with Crippen molar-refractivity contribution >= 4 is 11.8 Å². The van der Waals surface area contributed by atoms with Crippen LogP contribution in [-0.2, 0) is 9.59 Å². The zero-order chi connectivity index (χ0) is 11.6. The molecule has 0 radical (unpaired) electrons. The summed E-state index contributed by atoms with van der Waals surface area (Å²) in [5, 5.41) is 2.93. The van der Waals surface area contributed by atoms with Crippen LogP contribution in [0.15, 0.2) is 0 Å². The summed E-state index contributed by atoms with van der Waals surface area (Å²) in [6.45, 7) is 8.59. The molecule has 0 bridgehead atoms. The monoisotopic (exact) mass is 212 g/mol. The normalized spacial score (nSPS) is 21.3. The van der Waals surface area contributed by atoms with E-state index in [1.54, 1.807) is 0 Å². The Bertz CT molecular complexity index is 272. The summed E-state index contributed by atoms with van der Waals surface area (Å²) in [4.78, 5) is 24.8. The highest BCUT2D eigenvalue weighted by Crippen LogP contribution is 2.14. The summed E-state index contributed by atoms with van der Waals surface area (Å²) in [7, 11) is 0. The van der Waals surface area contributed by atoms with Gasteiger partial charge in [0, 0.05) is 6.54 Å². The number of carbonyl (C=O) groups excluding carboxylic acids is 2. The molecule has 0 saturated carbocycles. The Morgan fingerprint density at radius 3 is 2.53 bits per heavy atom. The summed E-state index contributed by atoms with van der Waals surface area (Å²) >= 11 is 0. The molecule has 1 heterocycles. The van der Waals surface area contributed by atoms with Gasteiger partial charge in [-0.05, 0) is 26.2 Å². The average Bonchev–Trinajstić information content (AvgIpc) is 2.12. The number of piperazine rings is 1. The van der Waals surface area contributed by atoms with E-state index in [0.717, 1.165) is 6.42 Å². The van der Waals surface area contributed by atoms with Gasteiger partial charge in [0.2, 0.25) is 11.8 Å². The maximum Gasteiger partial charge on any atom is 0.248 e. The van der Waals surface area contributed by atoms with Crippen LogP contribution in [0.25, 0.3) is 0 Å². The summed E-state index contributed by atoms with van der Waals surface area (Å²) in [6.07, 6.45) is 0.869. The quantitative estimate of drug-likeness (QED) is 0.703. The molecule has 0 aromatic heterocycles. The lowest BCUT2D eigenvalue weighted by atomic mass is 9.99. The maximum atomic E-state index is 11.9. The van der Waals surface area contributed by atoms with Crippen molar-refractivity contribution in [3.05, 3.63) is 0 Å². The van der Waals surface area contributed by atoms with Gasteiger partial charge in [0.25, 0.3) is 0 Å². The van der Waals surface area contributed by atoms with Crippen LogP contribution in [0.4, 0.5) is 0 Å².